The van der Waals surface area contributed by atoms with Crippen molar-refractivity contribution in [3.8, 4) is 0 Å². The van der Waals surface area contributed by atoms with Crippen LogP contribution in [-0.2, 0) is 0 Å². The number of hydrogen-bond acceptors (Lipinski definition) is 2. The maximum Gasteiger partial charge on any atom is 0.0307 e. The molecule has 0 aliphatic heterocycles. The lowest BCUT2D eigenvalue weighted by Gasteiger charge is -2.28. The van der Waals surface area contributed by atoms with E-state index in [1.807, 2.05) is 0 Å². The van der Waals surface area contributed by atoms with E-state index in [0.29, 0.717) is 12.0 Å². The van der Waals surface area contributed by atoms with Crippen LogP contribution < -0.4 is 5.73 Å². The van der Waals surface area contributed by atoms with Crippen molar-refractivity contribution < 1.29 is 0 Å². The molecule has 0 spiro atoms. The first-order valence-corrected chi connectivity index (χ1v) is 6.94. The molecule has 2 N–H and O–H groups in total. The molecular weight excluding hydrogens is 220 g/mol. The van der Waals surface area contributed by atoms with Gasteiger partial charge in [0.2, 0.25) is 0 Å². The van der Waals surface area contributed by atoms with E-state index in [2.05, 4.69) is 63.9 Å². The Morgan fingerprint density at radius 1 is 1.11 bits per heavy atom. The summed E-state index contributed by atoms with van der Waals surface area (Å²) in [6, 6.07) is 9.31. The summed E-state index contributed by atoms with van der Waals surface area (Å²) in [4.78, 5) is 2.40. The Morgan fingerprint density at radius 3 is 2.17 bits per heavy atom. The molecule has 0 heterocycles. The van der Waals surface area contributed by atoms with Gasteiger partial charge in [0, 0.05) is 12.1 Å². The van der Waals surface area contributed by atoms with E-state index in [-0.39, 0.29) is 6.04 Å². The summed E-state index contributed by atoms with van der Waals surface area (Å²) in [7, 11) is 2.19. The third-order valence-corrected chi connectivity index (χ3v) is 3.96. The Kier molecular flexibility index (Phi) is 5.83. The van der Waals surface area contributed by atoms with Crippen molar-refractivity contribution in [3.63, 3.8) is 0 Å². The summed E-state index contributed by atoms with van der Waals surface area (Å²) >= 11 is 0. The second-order valence-corrected chi connectivity index (χ2v) is 5.77. The van der Waals surface area contributed by atoms with Gasteiger partial charge in [0.25, 0.3) is 0 Å². The zero-order valence-corrected chi connectivity index (χ0v) is 12.5. The molecule has 0 radical (unpaired) electrons. The monoisotopic (exact) mass is 248 g/mol. The fourth-order valence-electron chi connectivity index (χ4n) is 2.04. The van der Waals surface area contributed by atoms with E-state index in [1.165, 1.54) is 11.1 Å². The lowest BCUT2D eigenvalue weighted by molar-refractivity contribution is 0.202. The van der Waals surface area contributed by atoms with E-state index >= 15 is 0 Å². The van der Waals surface area contributed by atoms with E-state index in [1.54, 1.807) is 0 Å². The van der Waals surface area contributed by atoms with Crippen LogP contribution in [0.15, 0.2) is 24.3 Å². The molecule has 1 aromatic rings. The maximum absolute atomic E-state index is 6.24. The van der Waals surface area contributed by atoms with Crippen LogP contribution in [0.1, 0.15) is 44.4 Å². The number of aryl methyl sites for hydroxylation is 1. The number of nitrogens with two attached hydrogens (primary N) is 1. The molecular formula is C16H28N2. The van der Waals surface area contributed by atoms with Gasteiger partial charge >= 0.3 is 0 Å². The summed E-state index contributed by atoms with van der Waals surface area (Å²) in [5.74, 6) is 0.686. The summed E-state index contributed by atoms with van der Waals surface area (Å²) in [6.45, 7) is 9.96. The van der Waals surface area contributed by atoms with Crippen LogP contribution >= 0.6 is 0 Å². The standard InChI is InChI=1S/C16H28N2/c1-12(2)14(4)18(5)11-10-16(17)15-8-6-13(3)7-9-15/h6-9,12,14,16H,10-11,17H2,1-5H3. The van der Waals surface area contributed by atoms with E-state index in [0.717, 1.165) is 13.0 Å². The number of benzene rings is 1. The predicted octanol–water partition coefficient (Wildman–Crippen LogP) is 3.36. The van der Waals surface area contributed by atoms with Crippen molar-refractivity contribution in [3.05, 3.63) is 35.4 Å². The van der Waals surface area contributed by atoms with Gasteiger partial charge < -0.3 is 10.6 Å². The summed E-state index contributed by atoms with van der Waals surface area (Å²) in [5.41, 5.74) is 8.77. The highest BCUT2D eigenvalue weighted by molar-refractivity contribution is 5.23. The molecule has 1 aromatic carbocycles. The second-order valence-electron chi connectivity index (χ2n) is 5.77. The highest BCUT2D eigenvalue weighted by Crippen LogP contribution is 2.16. The zero-order chi connectivity index (χ0) is 13.7. The lowest BCUT2D eigenvalue weighted by atomic mass is 10.0. The van der Waals surface area contributed by atoms with Crippen LogP contribution in [0.2, 0.25) is 0 Å². The molecule has 0 fully saturated rings. The third-order valence-electron chi connectivity index (χ3n) is 3.96. The Balaban J connectivity index is 2.46. The summed E-state index contributed by atoms with van der Waals surface area (Å²) in [6.07, 6.45) is 1.01. The average molecular weight is 248 g/mol. The summed E-state index contributed by atoms with van der Waals surface area (Å²) in [5, 5.41) is 0. The van der Waals surface area contributed by atoms with Gasteiger partial charge in [-0.05, 0) is 45.3 Å². The van der Waals surface area contributed by atoms with Crippen LogP contribution in [0.25, 0.3) is 0 Å². The molecule has 18 heavy (non-hydrogen) atoms. The molecule has 1 rings (SSSR count). The Morgan fingerprint density at radius 2 is 1.67 bits per heavy atom. The largest absolute Gasteiger partial charge is 0.324 e. The van der Waals surface area contributed by atoms with Crippen LogP contribution in [-0.4, -0.2) is 24.5 Å². The fraction of sp³-hybridized carbons (Fsp3) is 0.625. The van der Waals surface area contributed by atoms with Crippen molar-refractivity contribution in [1.29, 1.82) is 0 Å². The highest BCUT2D eigenvalue weighted by atomic mass is 15.1. The third kappa shape index (κ3) is 4.43. The minimum absolute atomic E-state index is 0.146. The zero-order valence-electron chi connectivity index (χ0n) is 12.5. The molecule has 0 bridgehead atoms. The molecule has 2 atom stereocenters. The molecule has 0 amide bonds. The van der Waals surface area contributed by atoms with Crippen molar-refractivity contribution in [2.75, 3.05) is 13.6 Å². The highest BCUT2D eigenvalue weighted by Gasteiger charge is 2.14. The minimum Gasteiger partial charge on any atom is -0.324 e. The van der Waals surface area contributed by atoms with Crippen molar-refractivity contribution in [2.24, 2.45) is 11.7 Å². The van der Waals surface area contributed by atoms with Gasteiger partial charge in [0.15, 0.2) is 0 Å². The molecule has 0 aliphatic carbocycles. The maximum atomic E-state index is 6.24. The minimum atomic E-state index is 0.146. The van der Waals surface area contributed by atoms with Crippen molar-refractivity contribution >= 4 is 0 Å². The number of nitrogens with zero attached hydrogens (tertiary/aromatic N) is 1. The van der Waals surface area contributed by atoms with Gasteiger partial charge in [-0.3, -0.25) is 0 Å². The first-order chi connectivity index (χ1) is 8.41. The second kappa shape index (κ2) is 6.91. The quantitative estimate of drug-likeness (QED) is 0.836. The molecule has 2 heteroatoms. The Bertz CT molecular complexity index is 343. The van der Waals surface area contributed by atoms with Crippen molar-refractivity contribution in [1.82, 2.24) is 4.90 Å². The molecule has 0 saturated heterocycles. The van der Waals surface area contributed by atoms with Crippen LogP contribution in [0.5, 0.6) is 0 Å². The smallest absolute Gasteiger partial charge is 0.0307 e. The summed E-state index contributed by atoms with van der Waals surface area (Å²) < 4.78 is 0. The van der Waals surface area contributed by atoms with Crippen LogP contribution in [0.4, 0.5) is 0 Å². The SMILES string of the molecule is Cc1ccc(C(N)CCN(C)C(C)C(C)C)cc1. The molecule has 2 nitrogen and oxygen atoms in total. The predicted molar refractivity (Wildman–Crippen MR) is 79.7 cm³/mol. The normalized spacial score (nSPS) is 15.1. The van der Waals surface area contributed by atoms with Gasteiger partial charge in [0.1, 0.15) is 0 Å². The van der Waals surface area contributed by atoms with Gasteiger partial charge in [-0.1, -0.05) is 43.7 Å². The Labute approximate surface area is 112 Å². The van der Waals surface area contributed by atoms with Crippen LogP contribution in [0.3, 0.4) is 0 Å². The van der Waals surface area contributed by atoms with Gasteiger partial charge in [-0.25, -0.2) is 0 Å². The first kappa shape index (κ1) is 15.2. The number of hydrogen-bond donors (Lipinski definition) is 1. The Hall–Kier alpha value is -0.860. The number of rotatable bonds is 6. The van der Waals surface area contributed by atoms with Gasteiger partial charge in [0.05, 0.1) is 0 Å². The average Bonchev–Trinajstić information content (AvgIpc) is 2.35. The van der Waals surface area contributed by atoms with Gasteiger partial charge in [-0.2, -0.15) is 0 Å². The molecule has 102 valence electrons. The van der Waals surface area contributed by atoms with E-state index in [9.17, 15) is 0 Å². The van der Waals surface area contributed by atoms with E-state index in [4.69, 9.17) is 5.73 Å². The van der Waals surface area contributed by atoms with Gasteiger partial charge in [-0.15, -0.1) is 0 Å². The molecule has 2 unspecified atom stereocenters. The topological polar surface area (TPSA) is 29.3 Å². The molecule has 0 aromatic heterocycles. The molecule has 0 aliphatic rings. The van der Waals surface area contributed by atoms with Crippen LogP contribution in [0, 0.1) is 12.8 Å². The van der Waals surface area contributed by atoms with E-state index < -0.39 is 0 Å². The first-order valence-electron chi connectivity index (χ1n) is 6.94. The lowest BCUT2D eigenvalue weighted by Crippen LogP contribution is -2.35. The fourth-order valence-corrected chi connectivity index (χ4v) is 2.04. The molecule has 0 saturated carbocycles. The van der Waals surface area contributed by atoms with Crippen molar-refractivity contribution in [2.45, 2.75) is 46.2 Å².